The number of fused-ring (bicyclic) bond motifs is 2. The molecule has 8 heteroatoms. The second-order valence-corrected chi connectivity index (χ2v) is 6.54. The molecule has 2 aliphatic rings. The van der Waals surface area contributed by atoms with E-state index >= 15 is 0 Å². The lowest BCUT2D eigenvalue weighted by atomic mass is 10.0. The van der Waals surface area contributed by atoms with Crippen molar-refractivity contribution in [1.82, 2.24) is 0 Å². The molecule has 0 unspecified atom stereocenters. The highest BCUT2D eigenvalue weighted by atomic mass is 16.7. The topological polar surface area (TPSA) is 84.8 Å². The first-order valence-corrected chi connectivity index (χ1v) is 9.49. The van der Waals surface area contributed by atoms with Crippen LogP contribution in [0.2, 0.25) is 0 Å². The summed E-state index contributed by atoms with van der Waals surface area (Å²) in [6.45, 7) is 1.41. The summed E-state index contributed by atoms with van der Waals surface area (Å²) in [5, 5.41) is 8.76. The minimum absolute atomic E-state index is 0.00746. The van der Waals surface area contributed by atoms with Crippen molar-refractivity contribution in [2.24, 2.45) is 0 Å². The van der Waals surface area contributed by atoms with Crippen molar-refractivity contribution in [3.63, 3.8) is 0 Å². The van der Waals surface area contributed by atoms with Crippen molar-refractivity contribution in [3.8, 4) is 34.5 Å². The summed E-state index contributed by atoms with van der Waals surface area (Å²) in [5.41, 5.74) is 2.15. The number of hydrogen-bond acceptors (Lipinski definition) is 8. The number of aliphatic hydroxyl groups excluding tert-OH is 1. The molecule has 0 fully saturated rings. The smallest absolute Gasteiger partial charge is 0.231 e. The third kappa shape index (κ3) is 4.44. The first-order chi connectivity index (χ1) is 14.3. The van der Waals surface area contributed by atoms with E-state index in [1.807, 2.05) is 24.3 Å². The second-order valence-electron chi connectivity index (χ2n) is 6.54. The Morgan fingerprint density at radius 3 is 2.03 bits per heavy atom. The van der Waals surface area contributed by atoms with Gasteiger partial charge in [0.15, 0.2) is 23.0 Å². The van der Waals surface area contributed by atoms with Crippen LogP contribution in [0.4, 0.5) is 0 Å². The maximum atomic E-state index is 8.76. The van der Waals surface area contributed by atoms with Crippen molar-refractivity contribution < 1.29 is 38.3 Å². The van der Waals surface area contributed by atoms with Gasteiger partial charge in [0.1, 0.15) is 6.61 Å². The van der Waals surface area contributed by atoms with Gasteiger partial charge in [0.25, 0.3) is 0 Å². The van der Waals surface area contributed by atoms with Gasteiger partial charge in [-0.2, -0.15) is 0 Å². The molecule has 0 spiro atoms. The van der Waals surface area contributed by atoms with E-state index in [4.69, 9.17) is 38.3 Å². The molecule has 0 saturated carbocycles. The number of ether oxygens (including phenoxy) is 7. The van der Waals surface area contributed by atoms with E-state index in [0.717, 1.165) is 24.0 Å². The minimum Gasteiger partial charge on any atom is -0.493 e. The Morgan fingerprint density at radius 1 is 0.793 bits per heavy atom. The Hall–Kier alpha value is -2.84. The fourth-order valence-corrected chi connectivity index (χ4v) is 3.28. The average molecular weight is 404 g/mol. The number of hydrogen-bond donors (Lipinski definition) is 1. The summed E-state index contributed by atoms with van der Waals surface area (Å²) in [6, 6.07) is 7.88. The highest BCUT2D eigenvalue weighted by Crippen LogP contribution is 2.43. The number of methoxy groups -OCH3 is 1. The summed E-state index contributed by atoms with van der Waals surface area (Å²) in [6.07, 6.45) is 1.56. The molecule has 156 valence electrons. The summed E-state index contributed by atoms with van der Waals surface area (Å²) in [7, 11) is 1.62. The summed E-state index contributed by atoms with van der Waals surface area (Å²) in [5.74, 6) is 3.95. The molecule has 0 amide bonds. The molecule has 0 aliphatic carbocycles. The molecule has 0 radical (unpaired) electrons. The van der Waals surface area contributed by atoms with Gasteiger partial charge in [0.05, 0.1) is 26.9 Å². The highest BCUT2D eigenvalue weighted by Gasteiger charge is 2.22. The van der Waals surface area contributed by atoms with Crippen LogP contribution in [0.5, 0.6) is 34.5 Å². The zero-order valence-electron chi connectivity index (χ0n) is 16.3. The monoisotopic (exact) mass is 404 g/mol. The van der Waals surface area contributed by atoms with Crippen molar-refractivity contribution >= 4 is 0 Å². The van der Waals surface area contributed by atoms with Crippen LogP contribution in [-0.4, -0.2) is 52.2 Å². The van der Waals surface area contributed by atoms with Gasteiger partial charge in [0.2, 0.25) is 25.1 Å². The normalized spacial score (nSPS) is 13.6. The van der Waals surface area contributed by atoms with E-state index in [-0.39, 0.29) is 20.2 Å². The van der Waals surface area contributed by atoms with Crippen molar-refractivity contribution in [2.45, 2.75) is 12.8 Å². The summed E-state index contributed by atoms with van der Waals surface area (Å²) in [4.78, 5) is 0. The molecule has 0 bridgehead atoms. The lowest BCUT2D eigenvalue weighted by Gasteiger charge is -2.12. The molecule has 0 aromatic heterocycles. The van der Waals surface area contributed by atoms with Crippen LogP contribution in [-0.2, 0) is 17.6 Å². The van der Waals surface area contributed by atoms with Crippen LogP contribution in [0.25, 0.3) is 0 Å². The predicted octanol–water partition coefficient (Wildman–Crippen LogP) is 2.33. The van der Waals surface area contributed by atoms with Crippen LogP contribution in [0.15, 0.2) is 24.3 Å². The van der Waals surface area contributed by atoms with Crippen molar-refractivity contribution in [2.75, 3.05) is 47.1 Å². The Kier molecular flexibility index (Phi) is 6.12. The number of benzene rings is 2. The molecular formula is C21H24O8. The third-order valence-corrected chi connectivity index (χ3v) is 4.64. The van der Waals surface area contributed by atoms with Crippen LogP contribution >= 0.6 is 0 Å². The second kappa shape index (κ2) is 9.11. The number of rotatable bonds is 10. The molecule has 2 aromatic carbocycles. The highest BCUT2D eigenvalue weighted by molar-refractivity contribution is 5.56. The number of aryl methyl sites for hydroxylation is 2. The summed E-state index contributed by atoms with van der Waals surface area (Å²) >= 11 is 0. The zero-order chi connectivity index (χ0) is 20.1. The average Bonchev–Trinajstić information content (AvgIpc) is 3.40. The van der Waals surface area contributed by atoms with Gasteiger partial charge in [-0.25, -0.2) is 0 Å². The Labute approximate surface area is 168 Å². The Morgan fingerprint density at radius 2 is 1.41 bits per heavy atom. The van der Waals surface area contributed by atoms with Gasteiger partial charge in [-0.1, -0.05) is 0 Å². The molecule has 2 aromatic rings. The van der Waals surface area contributed by atoms with Gasteiger partial charge < -0.3 is 38.3 Å². The minimum atomic E-state index is -0.00746. The number of aliphatic hydroxyl groups is 1. The maximum absolute atomic E-state index is 8.76. The van der Waals surface area contributed by atoms with Crippen LogP contribution < -0.4 is 28.4 Å². The lowest BCUT2D eigenvalue weighted by Crippen LogP contribution is -2.09. The maximum Gasteiger partial charge on any atom is 0.231 e. The molecule has 29 heavy (non-hydrogen) atoms. The predicted molar refractivity (Wildman–Crippen MR) is 102 cm³/mol. The van der Waals surface area contributed by atoms with Gasteiger partial charge in [-0.15, -0.1) is 0 Å². The molecule has 0 atom stereocenters. The third-order valence-electron chi connectivity index (χ3n) is 4.64. The van der Waals surface area contributed by atoms with E-state index in [0.29, 0.717) is 54.3 Å². The quantitative estimate of drug-likeness (QED) is 0.604. The van der Waals surface area contributed by atoms with Crippen LogP contribution in [0.3, 0.4) is 0 Å². The van der Waals surface area contributed by atoms with E-state index in [1.54, 1.807) is 7.11 Å². The SMILES string of the molecule is COc1cc(CCc2cc(OCCOCCO)c3c(c2)OCO3)cc2c1OCO2. The molecule has 1 N–H and O–H groups in total. The van der Waals surface area contributed by atoms with Gasteiger partial charge in [0, 0.05) is 0 Å². The fourth-order valence-electron chi connectivity index (χ4n) is 3.28. The molecule has 2 heterocycles. The lowest BCUT2D eigenvalue weighted by molar-refractivity contribution is 0.0696. The van der Waals surface area contributed by atoms with E-state index in [1.165, 1.54) is 0 Å². The van der Waals surface area contributed by atoms with Gasteiger partial charge in [-0.05, 0) is 48.2 Å². The molecule has 4 rings (SSSR count). The molecule has 2 aliphatic heterocycles. The summed E-state index contributed by atoms with van der Waals surface area (Å²) < 4.78 is 38.5. The van der Waals surface area contributed by atoms with Crippen LogP contribution in [0, 0.1) is 0 Å². The van der Waals surface area contributed by atoms with E-state index in [9.17, 15) is 0 Å². The largest absolute Gasteiger partial charge is 0.493 e. The molecular weight excluding hydrogens is 380 g/mol. The van der Waals surface area contributed by atoms with Gasteiger partial charge >= 0.3 is 0 Å². The van der Waals surface area contributed by atoms with Crippen LogP contribution in [0.1, 0.15) is 11.1 Å². The Bertz CT molecular complexity index is 851. The standard InChI is InChI=1S/C21H24O8/c1-23-16-8-14(10-18-20(16)28-12-26-18)2-3-15-9-17(25-7-6-24-5-4-22)21-19(11-15)27-13-29-21/h8-11,22H,2-7,12-13H2,1H3. The molecule has 8 nitrogen and oxygen atoms in total. The zero-order valence-corrected chi connectivity index (χ0v) is 16.3. The van der Waals surface area contributed by atoms with Crippen molar-refractivity contribution in [1.29, 1.82) is 0 Å². The Balaban J connectivity index is 1.44. The van der Waals surface area contributed by atoms with Gasteiger partial charge in [-0.3, -0.25) is 0 Å². The fraction of sp³-hybridized carbons (Fsp3) is 0.429. The molecule has 0 saturated heterocycles. The first kappa shape index (κ1) is 19.5. The first-order valence-electron chi connectivity index (χ1n) is 9.49. The van der Waals surface area contributed by atoms with E-state index < -0.39 is 0 Å². The van der Waals surface area contributed by atoms with Crippen molar-refractivity contribution in [3.05, 3.63) is 35.4 Å². The van der Waals surface area contributed by atoms with E-state index in [2.05, 4.69) is 0 Å².